The highest BCUT2D eigenvalue weighted by Gasteiger charge is 2.18. The molecule has 2 aliphatic heterocycles. The van der Waals surface area contributed by atoms with Gasteiger partial charge in [-0.2, -0.15) is 0 Å². The third-order valence-electron chi connectivity index (χ3n) is 1.92. The average Bonchev–Trinajstić information content (AvgIpc) is 2.21. The molecule has 13 heavy (non-hydrogen) atoms. The predicted octanol–water partition coefficient (Wildman–Crippen LogP) is -3.03. The maximum atomic E-state index is 5.61. The lowest BCUT2D eigenvalue weighted by Crippen LogP contribution is -2.64. The van der Waals surface area contributed by atoms with Crippen molar-refractivity contribution in [3.05, 3.63) is 0 Å². The Bertz CT molecular complexity index is 128. The van der Waals surface area contributed by atoms with E-state index < -0.39 is 0 Å². The van der Waals surface area contributed by atoms with Gasteiger partial charge in [-0.3, -0.25) is 31.9 Å². The number of hydrogen-bond acceptors (Lipinski definition) is 7. The van der Waals surface area contributed by atoms with E-state index in [1.165, 1.54) is 0 Å². The van der Waals surface area contributed by atoms with Gasteiger partial charge in [0.25, 0.3) is 0 Å². The summed E-state index contributed by atoms with van der Waals surface area (Å²) in [5.41, 5.74) is 0. The molecule has 2 aliphatic rings. The average molecular weight is 188 g/mol. The van der Waals surface area contributed by atoms with E-state index in [1.807, 2.05) is 0 Å². The van der Waals surface area contributed by atoms with Gasteiger partial charge in [0.1, 0.15) is 0 Å². The van der Waals surface area contributed by atoms with E-state index in [0.29, 0.717) is 0 Å². The van der Waals surface area contributed by atoms with Crippen molar-refractivity contribution in [2.45, 2.75) is 12.7 Å². The molecule has 0 bridgehead atoms. The normalized spacial score (nSPS) is 27.7. The minimum atomic E-state index is -0.0932. The molecule has 0 aromatic heterocycles. The number of nitrogens with one attached hydrogen (secondary N) is 6. The highest BCUT2D eigenvalue weighted by atomic mass is 16.5. The summed E-state index contributed by atoms with van der Waals surface area (Å²) >= 11 is 0. The standard InChI is InChI=1S/C6H16N6O/c1-7-2-10-5(9-1)13-6-11-3-8-4-12-6/h5-12H,1-4H2. The maximum absolute atomic E-state index is 5.61. The van der Waals surface area contributed by atoms with Gasteiger partial charge in [-0.1, -0.05) is 0 Å². The van der Waals surface area contributed by atoms with Crippen LogP contribution in [0.3, 0.4) is 0 Å². The molecule has 7 heteroatoms. The van der Waals surface area contributed by atoms with Crippen LogP contribution in [-0.2, 0) is 4.74 Å². The molecule has 0 unspecified atom stereocenters. The molecule has 0 amide bonds. The summed E-state index contributed by atoms with van der Waals surface area (Å²) in [6, 6.07) is 0. The molecule has 0 saturated carbocycles. The fourth-order valence-electron chi connectivity index (χ4n) is 1.26. The van der Waals surface area contributed by atoms with Gasteiger partial charge in [-0.15, -0.1) is 0 Å². The van der Waals surface area contributed by atoms with E-state index in [2.05, 4.69) is 31.9 Å². The smallest absolute Gasteiger partial charge is 0.168 e. The predicted molar refractivity (Wildman–Crippen MR) is 46.9 cm³/mol. The summed E-state index contributed by atoms with van der Waals surface area (Å²) < 4.78 is 5.61. The van der Waals surface area contributed by atoms with Crippen LogP contribution in [0.1, 0.15) is 0 Å². The first-order valence-electron chi connectivity index (χ1n) is 4.45. The summed E-state index contributed by atoms with van der Waals surface area (Å²) in [7, 11) is 0. The Kier molecular flexibility index (Phi) is 3.44. The Balaban J connectivity index is 1.69. The first-order valence-corrected chi connectivity index (χ1v) is 4.45. The molecular weight excluding hydrogens is 172 g/mol. The van der Waals surface area contributed by atoms with Crippen molar-refractivity contribution < 1.29 is 4.74 Å². The van der Waals surface area contributed by atoms with Gasteiger partial charge in [0.05, 0.1) is 0 Å². The molecule has 2 rings (SSSR count). The monoisotopic (exact) mass is 188 g/mol. The van der Waals surface area contributed by atoms with E-state index in [9.17, 15) is 0 Å². The maximum Gasteiger partial charge on any atom is 0.168 e. The Morgan fingerprint density at radius 2 is 1.08 bits per heavy atom. The van der Waals surface area contributed by atoms with Gasteiger partial charge in [0.2, 0.25) is 0 Å². The summed E-state index contributed by atoms with van der Waals surface area (Å²) in [5.74, 6) is 0. The fourth-order valence-corrected chi connectivity index (χ4v) is 1.26. The molecule has 6 N–H and O–H groups in total. The van der Waals surface area contributed by atoms with Crippen LogP contribution in [0.4, 0.5) is 0 Å². The minimum Gasteiger partial charge on any atom is -0.318 e. The molecule has 0 aromatic rings. The molecule has 2 heterocycles. The van der Waals surface area contributed by atoms with Crippen LogP contribution in [0.25, 0.3) is 0 Å². The van der Waals surface area contributed by atoms with Crippen LogP contribution in [0.5, 0.6) is 0 Å². The zero-order valence-corrected chi connectivity index (χ0v) is 7.39. The molecule has 2 fully saturated rings. The van der Waals surface area contributed by atoms with E-state index >= 15 is 0 Å². The largest absolute Gasteiger partial charge is 0.318 e. The Labute approximate surface area is 77.0 Å². The molecule has 0 radical (unpaired) electrons. The fraction of sp³-hybridized carbons (Fsp3) is 1.00. The van der Waals surface area contributed by atoms with Crippen molar-refractivity contribution in [1.82, 2.24) is 31.9 Å². The zero-order valence-electron chi connectivity index (χ0n) is 7.39. The molecule has 0 atom stereocenters. The number of ether oxygens (including phenoxy) is 1. The van der Waals surface area contributed by atoms with Crippen LogP contribution in [-0.4, -0.2) is 39.4 Å². The number of hydrogen-bond donors (Lipinski definition) is 6. The SMILES string of the molecule is C1NCNC(OC2NCNCN2)N1. The van der Waals surface area contributed by atoms with E-state index in [0.717, 1.165) is 26.7 Å². The second-order valence-electron chi connectivity index (χ2n) is 2.92. The molecule has 2 saturated heterocycles. The van der Waals surface area contributed by atoms with Gasteiger partial charge in [-0.05, 0) is 0 Å². The lowest BCUT2D eigenvalue weighted by molar-refractivity contribution is -0.0955. The van der Waals surface area contributed by atoms with Crippen molar-refractivity contribution in [2.75, 3.05) is 26.7 Å². The molecule has 0 aromatic carbocycles. The summed E-state index contributed by atoms with van der Waals surface area (Å²) in [5, 5.41) is 18.7. The van der Waals surface area contributed by atoms with Gasteiger partial charge in [-0.25, -0.2) is 0 Å². The first kappa shape index (κ1) is 9.28. The second kappa shape index (κ2) is 4.82. The highest BCUT2D eigenvalue weighted by molar-refractivity contribution is 4.63. The highest BCUT2D eigenvalue weighted by Crippen LogP contribution is 1.90. The van der Waals surface area contributed by atoms with Crippen molar-refractivity contribution in [3.63, 3.8) is 0 Å². The van der Waals surface area contributed by atoms with E-state index in [-0.39, 0.29) is 12.7 Å². The van der Waals surface area contributed by atoms with E-state index in [1.54, 1.807) is 0 Å². The Morgan fingerprint density at radius 1 is 0.692 bits per heavy atom. The minimum absolute atomic E-state index is 0.0932. The van der Waals surface area contributed by atoms with Crippen LogP contribution >= 0.6 is 0 Å². The summed E-state index contributed by atoms with van der Waals surface area (Å²) in [6.45, 7) is 3.07. The molecular formula is C6H16N6O. The third kappa shape index (κ3) is 2.85. The van der Waals surface area contributed by atoms with Crippen molar-refractivity contribution in [1.29, 1.82) is 0 Å². The third-order valence-corrected chi connectivity index (χ3v) is 1.92. The summed E-state index contributed by atoms with van der Waals surface area (Å²) in [6.07, 6.45) is -0.186. The quantitative estimate of drug-likeness (QED) is 0.275. The lowest BCUT2D eigenvalue weighted by atomic mass is 10.7. The van der Waals surface area contributed by atoms with Gasteiger partial charge >= 0.3 is 0 Å². The van der Waals surface area contributed by atoms with Crippen molar-refractivity contribution in [3.8, 4) is 0 Å². The van der Waals surface area contributed by atoms with Gasteiger partial charge in [0, 0.05) is 26.7 Å². The van der Waals surface area contributed by atoms with Gasteiger partial charge < -0.3 is 4.74 Å². The van der Waals surface area contributed by atoms with Crippen LogP contribution in [0, 0.1) is 0 Å². The molecule has 0 spiro atoms. The van der Waals surface area contributed by atoms with Crippen molar-refractivity contribution >= 4 is 0 Å². The molecule has 76 valence electrons. The zero-order chi connectivity index (χ0) is 8.93. The lowest BCUT2D eigenvalue weighted by Gasteiger charge is -2.32. The van der Waals surface area contributed by atoms with Gasteiger partial charge in [0.15, 0.2) is 12.7 Å². The van der Waals surface area contributed by atoms with Crippen LogP contribution in [0.2, 0.25) is 0 Å². The second-order valence-corrected chi connectivity index (χ2v) is 2.92. The topological polar surface area (TPSA) is 81.4 Å². The van der Waals surface area contributed by atoms with Crippen molar-refractivity contribution in [2.24, 2.45) is 0 Å². The first-order chi connectivity index (χ1) is 6.45. The summed E-state index contributed by atoms with van der Waals surface area (Å²) in [4.78, 5) is 0. The Hall–Kier alpha value is -0.280. The molecule has 0 aliphatic carbocycles. The number of rotatable bonds is 2. The van der Waals surface area contributed by atoms with Crippen LogP contribution < -0.4 is 31.9 Å². The Morgan fingerprint density at radius 3 is 1.46 bits per heavy atom. The van der Waals surface area contributed by atoms with Crippen LogP contribution in [0.15, 0.2) is 0 Å². The molecule has 7 nitrogen and oxygen atoms in total. The van der Waals surface area contributed by atoms with E-state index in [4.69, 9.17) is 4.74 Å².